The summed E-state index contributed by atoms with van der Waals surface area (Å²) in [6.45, 7) is 2.79. The maximum absolute atomic E-state index is 13.9. The molecule has 2 aromatic rings. The first-order valence-electron chi connectivity index (χ1n) is 7.87. The highest BCUT2D eigenvalue weighted by Crippen LogP contribution is 2.23. The third kappa shape index (κ3) is 3.12. The molecule has 1 fully saturated rings. The van der Waals surface area contributed by atoms with Gasteiger partial charge in [0.15, 0.2) is 0 Å². The van der Waals surface area contributed by atoms with E-state index in [9.17, 15) is 9.18 Å². The van der Waals surface area contributed by atoms with Crippen molar-refractivity contribution >= 4 is 11.7 Å². The van der Waals surface area contributed by atoms with Crippen molar-refractivity contribution in [2.24, 2.45) is 7.05 Å². The molecule has 1 N–H and O–H groups in total. The minimum Gasteiger partial charge on any atom is -0.497 e. The van der Waals surface area contributed by atoms with E-state index in [-0.39, 0.29) is 24.3 Å². The fourth-order valence-electron chi connectivity index (χ4n) is 2.99. The average Bonchev–Trinajstić information content (AvgIpc) is 3.08. The van der Waals surface area contributed by atoms with Crippen LogP contribution in [-0.4, -0.2) is 35.4 Å². The Balaban J connectivity index is 1.67. The zero-order chi connectivity index (χ0) is 17.3. The first-order chi connectivity index (χ1) is 11.5. The molecule has 6 nitrogen and oxygen atoms in total. The monoisotopic (exact) mass is 332 g/mol. The van der Waals surface area contributed by atoms with Gasteiger partial charge in [-0.2, -0.15) is 5.10 Å². The first-order valence-corrected chi connectivity index (χ1v) is 7.87. The van der Waals surface area contributed by atoms with E-state index < -0.39 is 0 Å². The Morgan fingerprint density at radius 1 is 1.42 bits per heavy atom. The van der Waals surface area contributed by atoms with Crippen molar-refractivity contribution < 1.29 is 13.9 Å². The van der Waals surface area contributed by atoms with Gasteiger partial charge in [0.05, 0.1) is 18.8 Å². The molecule has 0 aliphatic carbocycles. The number of anilines is 1. The first kappa shape index (κ1) is 16.4. The summed E-state index contributed by atoms with van der Waals surface area (Å²) in [5.41, 5.74) is 1.35. The van der Waals surface area contributed by atoms with Gasteiger partial charge in [0.1, 0.15) is 17.4 Å². The standard InChI is InChI=1S/C17H21FN4O2/c1-11-8-16(21(2)20-11)22-7-6-15(17(22)23)19-10-12-9-13(24-3)4-5-14(12)18/h4-5,8-9,15,19H,6-7,10H2,1-3H3. The van der Waals surface area contributed by atoms with Gasteiger partial charge in [0.2, 0.25) is 5.91 Å². The number of rotatable bonds is 5. The average molecular weight is 332 g/mol. The van der Waals surface area contributed by atoms with Gasteiger partial charge in [-0.05, 0) is 31.5 Å². The zero-order valence-corrected chi connectivity index (χ0v) is 14.0. The molecule has 1 unspecified atom stereocenters. The second-order valence-corrected chi connectivity index (χ2v) is 5.94. The number of amides is 1. The van der Waals surface area contributed by atoms with Crippen molar-refractivity contribution in [1.82, 2.24) is 15.1 Å². The van der Waals surface area contributed by atoms with E-state index in [0.717, 1.165) is 11.5 Å². The minimum atomic E-state index is -0.328. The number of benzene rings is 1. The summed E-state index contributed by atoms with van der Waals surface area (Å²) >= 11 is 0. The van der Waals surface area contributed by atoms with Crippen LogP contribution in [0.3, 0.4) is 0 Å². The second kappa shape index (κ2) is 6.60. The summed E-state index contributed by atoms with van der Waals surface area (Å²) in [6, 6.07) is 6.15. The van der Waals surface area contributed by atoms with Crippen molar-refractivity contribution in [3.8, 4) is 5.75 Å². The third-order valence-electron chi connectivity index (χ3n) is 4.25. The molecule has 1 aliphatic rings. The second-order valence-electron chi connectivity index (χ2n) is 5.94. The van der Waals surface area contributed by atoms with Crippen LogP contribution < -0.4 is 15.0 Å². The minimum absolute atomic E-state index is 0.0127. The quantitative estimate of drug-likeness (QED) is 0.907. The number of hydrogen-bond acceptors (Lipinski definition) is 4. The smallest absolute Gasteiger partial charge is 0.245 e. The summed E-state index contributed by atoms with van der Waals surface area (Å²) in [6.07, 6.45) is 0.675. The van der Waals surface area contributed by atoms with Crippen LogP contribution in [0.5, 0.6) is 5.75 Å². The Morgan fingerprint density at radius 2 is 2.21 bits per heavy atom. The van der Waals surface area contributed by atoms with Gasteiger partial charge in [-0.25, -0.2) is 4.39 Å². The molecule has 0 saturated carbocycles. The lowest BCUT2D eigenvalue weighted by Crippen LogP contribution is -2.38. The number of halogens is 1. The molecule has 1 aromatic carbocycles. The van der Waals surface area contributed by atoms with Gasteiger partial charge in [-0.1, -0.05) is 0 Å². The van der Waals surface area contributed by atoms with E-state index in [1.54, 1.807) is 28.8 Å². The molecule has 0 bridgehead atoms. The van der Waals surface area contributed by atoms with Crippen LogP contribution in [0, 0.1) is 12.7 Å². The predicted molar refractivity (Wildman–Crippen MR) is 88.5 cm³/mol. The summed E-state index contributed by atoms with van der Waals surface area (Å²) in [5, 5.41) is 7.43. The van der Waals surface area contributed by atoms with Crippen molar-refractivity contribution in [2.45, 2.75) is 25.9 Å². The molecule has 3 rings (SSSR count). The summed E-state index contributed by atoms with van der Waals surface area (Å²) in [5.74, 6) is 1.06. The molecular formula is C17H21FN4O2. The highest BCUT2D eigenvalue weighted by molar-refractivity contribution is 5.98. The third-order valence-corrected chi connectivity index (χ3v) is 4.25. The Bertz CT molecular complexity index is 759. The molecular weight excluding hydrogens is 311 g/mol. The van der Waals surface area contributed by atoms with Gasteiger partial charge >= 0.3 is 0 Å². The molecule has 2 heterocycles. The molecule has 1 aliphatic heterocycles. The van der Waals surface area contributed by atoms with E-state index in [1.165, 1.54) is 6.07 Å². The number of methoxy groups -OCH3 is 1. The number of hydrogen-bond donors (Lipinski definition) is 1. The Labute approximate surface area is 140 Å². The molecule has 0 spiro atoms. The fourth-order valence-corrected chi connectivity index (χ4v) is 2.99. The molecule has 24 heavy (non-hydrogen) atoms. The fraction of sp³-hybridized carbons (Fsp3) is 0.412. The van der Waals surface area contributed by atoms with Gasteiger partial charge in [0, 0.05) is 31.8 Å². The lowest BCUT2D eigenvalue weighted by molar-refractivity contribution is -0.118. The maximum atomic E-state index is 13.9. The van der Waals surface area contributed by atoms with Crippen LogP contribution >= 0.6 is 0 Å². The topological polar surface area (TPSA) is 59.4 Å². The molecule has 0 radical (unpaired) electrons. The van der Waals surface area contributed by atoms with Crippen LogP contribution in [0.2, 0.25) is 0 Å². The Hall–Kier alpha value is -2.41. The number of carbonyl (C=O) groups is 1. The zero-order valence-electron chi connectivity index (χ0n) is 14.0. The lowest BCUT2D eigenvalue weighted by Gasteiger charge is -2.17. The highest BCUT2D eigenvalue weighted by Gasteiger charge is 2.33. The Kier molecular flexibility index (Phi) is 4.53. The molecule has 128 valence electrons. The highest BCUT2D eigenvalue weighted by atomic mass is 19.1. The van der Waals surface area contributed by atoms with E-state index in [2.05, 4.69) is 10.4 Å². The molecule has 1 amide bonds. The van der Waals surface area contributed by atoms with E-state index >= 15 is 0 Å². The molecule has 7 heteroatoms. The van der Waals surface area contributed by atoms with Crippen LogP contribution in [0.1, 0.15) is 17.7 Å². The van der Waals surface area contributed by atoms with Crippen molar-refractivity contribution in [1.29, 1.82) is 0 Å². The van der Waals surface area contributed by atoms with Crippen molar-refractivity contribution in [3.05, 3.63) is 41.3 Å². The van der Waals surface area contributed by atoms with Gasteiger partial charge < -0.3 is 10.1 Å². The number of ether oxygens (including phenoxy) is 1. The van der Waals surface area contributed by atoms with Gasteiger partial charge in [-0.3, -0.25) is 14.4 Å². The van der Waals surface area contributed by atoms with E-state index in [4.69, 9.17) is 4.74 Å². The van der Waals surface area contributed by atoms with Crippen LogP contribution in [0.4, 0.5) is 10.2 Å². The van der Waals surface area contributed by atoms with Crippen molar-refractivity contribution in [3.63, 3.8) is 0 Å². The SMILES string of the molecule is COc1ccc(F)c(CNC2CCN(c3cc(C)nn3C)C2=O)c1. The number of carbonyl (C=O) groups excluding carboxylic acids is 1. The van der Waals surface area contributed by atoms with Crippen LogP contribution in [-0.2, 0) is 18.4 Å². The summed E-state index contributed by atoms with van der Waals surface area (Å²) in [4.78, 5) is 14.3. The number of aromatic nitrogens is 2. The van der Waals surface area contributed by atoms with Gasteiger partial charge in [0.25, 0.3) is 0 Å². The number of aryl methyl sites for hydroxylation is 2. The van der Waals surface area contributed by atoms with E-state index in [1.807, 2.05) is 20.0 Å². The summed E-state index contributed by atoms with van der Waals surface area (Å²) < 4.78 is 20.7. The van der Waals surface area contributed by atoms with E-state index in [0.29, 0.717) is 24.3 Å². The van der Waals surface area contributed by atoms with Crippen LogP contribution in [0.25, 0.3) is 0 Å². The van der Waals surface area contributed by atoms with Crippen molar-refractivity contribution in [2.75, 3.05) is 18.6 Å². The normalized spacial score (nSPS) is 17.6. The maximum Gasteiger partial charge on any atom is 0.245 e. The lowest BCUT2D eigenvalue weighted by atomic mass is 10.1. The molecule has 1 saturated heterocycles. The molecule has 1 atom stereocenters. The summed E-state index contributed by atoms with van der Waals surface area (Å²) in [7, 11) is 3.36. The number of nitrogens with zero attached hydrogens (tertiary/aromatic N) is 3. The van der Waals surface area contributed by atoms with Gasteiger partial charge in [-0.15, -0.1) is 0 Å². The largest absolute Gasteiger partial charge is 0.497 e. The Morgan fingerprint density at radius 3 is 2.88 bits per heavy atom. The number of nitrogens with one attached hydrogen (secondary N) is 1. The van der Waals surface area contributed by atoms with Crippen LogP contribution in [0.15, 0.2) is 24.3 Å². The predicted octanol–water partition coefficient (Wildman–Crippen LogP) is 1.77. The molecule has 1 aromatic heterocycles.